The van der Waals surface area contributed by atoms with Crippen molar-refractivity contribution in [1.29, 1.82) is 0 Å². The lowest BCUT2D eigenvalue weighted by molar-refractivity contribution is -0.113. The Hall–Kier alpha value is -2.51. The maximum Gasteiger partial charge on any atom is 0.234 e. The van der Waals surface area contributed by atoms with Gasteiger partial charge in [0.25, 0.3) is 0 Å². The van der Waals surface area contributed by atoms with Crippen molar-refractivity contribution in [2.45, 2.75) is 12.1 Å². The number of rotatable bonds is 6. The van der Waals surface area contributed by atoms with Crippen molar-refractivity contribution in [3.8, 4) is 17.1 Å². The quantitative estimate of drug-likeness (QED) is 0.619. The molecule has 2 N–H and O–H groups in total. The summed E-state index contributed by atoms with van der Waals surface area (Å²) in [5.74, 6) is 1.42. The summed E-state index contributed by atoms with van der Waals surface area (Å²) in [6.45, 7) is 1.94. The van der Waals surface area contributed by atoms with E-state index < -0.39 is 0 Å². The number of carbonyl (C=O) groups excluding carboxylic acids is 1. The second kappa shape index (κ2) is 8.25. The molecule has 2 aromatic carbocycles. The topological polar surface area (TPSA) is 79.9 Å². The highest BCUT2D eigenvalue weighted by Crippen LogP contribution is 2.24. The Bertz CT molecular complexity index is 912. The number of ether oxygens (including phenoxy) is 1. The van der Waals surface area contributed by atoms with Crippen molar-refractivity contribution in [2.24, 2.45) is 0 Å². The molecule has 0 aliphatic heterocycles. The molecule has 134 valence electrons. The summed E-state index contributed by atoms with van der Waals surface area (Å²) in [6.07, 6.45) is 0. The van der Waals surface area contributed by atoms with Gasteiger partial charge >= 0.3 is 0 Å². The number of carbonyl (C=O) groups is 1. The minimum absolute atomic E-state index is 0.170. The van der Waals surface area contributed by atoms with Gasteiger partial charge in [-0.2, -0.15) is 0 Å². The van der Waals surface area contributed by atoms with Gasteiger partial charge < -0.3 is 10.1 Å². The first-order chi connectivity index (χ1) is 12.5. The number of aromatic amines is 1. The smallest absolute Gasteiger partial charge is 0.234 e. The van der Waals surface area contributed by atoms with Gasteiger partial charge in [-0.05, 0) is 48.9 Å². The lowest BCUT2D eigenvalue weighted by atomic mass is 10.2. The van der Waals surface area contributed by atoms with Crippen LogP contribution in [0.3, 0.4) is 0 Å². The van der Waals surface area contributed by atoms with Gasteiger partial charge in [0.2, 0.25) is 11.1 Å². The molecule has 6 nitrogen and oxygen atoms in total. The average Bonchev–Trinajstić information content (AvgIpc) is 3.11. The maximum absolute atomic E-state index is 12.1. The summed E-state index contributed by atoms with van der Waals surface area (Å²) in [4.78, 5) is 16.5. The highest BCUT2D eigenvalue weighted by molar-refractivity contribution is 7.99. The fourth-order valence-corrected chi connectivity index (χ4v) is 3.11. The molecule has 3 aromatic rings. The van der Waals surface area contributed by atoms with Crippen LogP contribution in [0.4, 0.5) is 5.69 Å². The van der Waals surface area contributed by atoms with Crippen LogP contribution >= 0.6 is 23.4 Å². The van der Waals surface area contributed by atoms with E-state index in [4.69, 9.17) is 16.3 Å². The Balaban J connectivity index is 1.58. The van der Waals surface area contributed by atoms with Gasteiger partial charge in [-0.3, -0.25) is 9.89 Å². The predicted octanol–water partition coefficient (Wildman–Crippen LogP) is 4.17. The zero-order chi connectivity index (χ0) is 18.5. The number of nitrogens with zero attached hydrogens (tertiary/aromatic N) is 2. The molecule has 0 atom stereocenters. The largest absolute Gasteiger partial charge is 0.497 e. The van der Waals surface area contributed by atoms with E-state index in [9.17, 15) is 4.79 Å². The first kappa shape index (κ1) is 18.3. The number of methoxy groups -OCH3 is 1. The zero-order valence-corrected chi connectivity index (χ0v) is 15.8. The number of nitrogens with one attached hydrogen (secondary N) is 2. The average molecular weight is 389 g/mol. The molecule has 0 spiro atoms. The SMILES string of the molecule is COc1ccc(-c2nc(SCC(=O)Nc3ccc(C)cc3Cl)n[nH]2)cc1. The molecule has 26 heavy (non-hydrogen) atoms. The number of anilines is 1. The second-order valence-corrected chi connectivity index (χ2v) is 6.86. The molecule has 1 amide bonds. The summed E-state index contributed by atoms with van der Waals surface area (Å²) in [6, 6.07) is 13.0. The van der Waals surface area contributed by atoms with Gasteiger partial charge in [-0.15, -0.1) is 5.10 Å². The first-order valence-electron chi connectivity index (χ1n) is 7.81. The Morgan fingerprint density at radius 3 is 2.73 bits per heavy atom. The number of hydrogen-bond acceptors (Lipinski definition) is 5. The predicted molar refractivity (Wildman–Crippen MR) is 104 cm³/mol. The summed E-state index contributed by atoms with van der Waals surface area (Å²) in [7, 11) is 1.62. The van der Waals surface area contributed by atoms with Crippen molar-refractivity contribution < 1.29 is 9.53 Å². The normalized spacial score (nSPS) is 10.6. The third-order valence-corrected chi connectivity index (χ3v) is 4.72. The first-order valence-corrected chi connectivity index (χ1v) is 9.17. The van der Waals surface area contributed by atoms with Crippen molar-refractivity contribution in [3.63, 3.8) is 0 Å². The number of benzene rings is 2. The number of amides is 1. The Morgan fingerprint density at radius 2 is 2.04 bits per heavy atom. The van der Waals surface area contributed by atoms with Crippen molar-refractivity contribution >= 4 is 35.0 Å². The van der Waals surface area contributed by atoms with E-state index in [1.807, 2.05) is 37.3 Å². The van der Waals surface area contributed by atoms with Crippen LogP contribution in [0, 0.1) is 6.92 Å². The molecule has 0 radical (unpaired) electrons. The number of halogens is 1. The van der Waals surface area contributed by atoms with Crippen LogP contribution < -0.4 is 10.1 Å². The van der Waals surface area contributed by atoms with Gasteiger partial charge in [0.05, 0.1) is 23.6 Å². The molecule has 0 saturated carbocycles. The van der Waals surface area contributed by atoms with Crippen LogP contribution in [0.25, 0.3) is 11.4 Å². The third kappa shape index (κ3) is 4.56. The van der Waals surface area contributed by atoms with Gasteiger partial charge in [-0.25, -0.2) is 4.98 Å². The van der Waals surface area contributed by atoms with Crippen LogP contribution in [-0.4, -0.2) is 34.0 Å². The summed E-state index contributed by atoms with van der Waals surface area (Å²) in [5, 5.41) is 10.8. The van der Waals surface area contributed by atoms with E-state index in [0.29, 0.717) is 21.7 Å². The van der Waals surface area contributed by atoms with Gasteiger partial charge in [0, 0.05) is 5.56 Å². The number of H-pyrrole nitrogens is 1. The van der Waals surface area contributed by atoms with E-state index in [-0.39, 0.29) is 11.7 Å². The monoisotopic (exact) mass is 388 g/mol. The lowest BCUT2D eigenvalue weighted by Crippen LogP contribution is -2.14. The molecule has 0 bridgehead atoms. The van der Waals surface area contributed by atoms with E-state index >= 15 is 0 Å². The fourth-order valence-electron chi connectivity index (χ4n) is 2.23. The Kier molecular flexibility index (Phi) is 5.80. The standard InChI is InChI=1S/C18H17ClN4O2S/c1-11-3-8-15(14(19)9-11)20-16(24)10-26-18-21-17(22-23-18)12-4-6-13(25-2)7-5-12/h3-9H,10H2,1-2H3,(H,20,24)(H,21,22,23). The molecule has 0 fully saturated rings. The lowest BCUT2D eigenvalue weighted by Gasteiger charge is -2.06. The van der Waals surface area contributed by atoms with Gasteiger partial charge in [0.15, 0.2) is 5.82 Å². The molecule has 1 aromatic heterocycles. The molecular formula is C18H17ClN4O2S. The molecule has 0 saturated heterocycles. The summed E-state index contributed by atoms with van der Waals surface area (Å²) < 4.78 is 5.13. The summed E-state index contributed by atoms with van der Waals surface area (Å²) >= 11 is 7.37. The Morgan fingerprint density at radius 1 is 1.27 bits per heavy atom. The molecule has 3 rings (SSSR count). The second-order valence-electron chi connectivity index (χ2n) is 5.52. The van der Waals surface area contributed by atoms with E-state index in [1.165, 1.54) is 11.8 Å². The van der Waals surface area contributed by atoms with Crippen LogP contribution in [0.2, 0.25) is 5.02 Å². The van der Waals surface area contributed by atoms with Gasteiger partial charge in [-0.1, -0.05) is 29.4 Å². The summed E-state index contributed by atoms with van der Waals surface area (Å²) in [5.41, 5.74) is 2.52. The third-order valence-electron chi connectivity index (χ3n) is 3.56. The van der Waals surface area contributed by atoms with Crippen LogP contribution in [0.15, 0.2) is 47.6 Å². The molecule has 0 aliphatic rings. The highest BCUT2D eigenvalue weighted by Gasteiger charge is 2.10. The van der Waals surface area contributed by atoms with E-state index in [0.717, 1.165) is 16.9 Å². The van der Waals surface area contributed by atoms with E-state index in [2.05, 4.69) is 20.5 Å². The van der Waals surface area contributed by atoms with Crippen LogP contribution in [-0.2, 0) is 4.79 Å². The highest BCUT2D eigenvalue weighted by atomic mass is 35.5. The van der Waals surface area contributed by atoms with Crippen molar-refractivity contribution in [3.05, 3.63) is 53.1 Å². The maximum atomic E-state index is 12.1. The number of aromatic nitrogens is 3. The van der Waals surface area contributed by atoms with E-state index in [1.54, 1.807) is 19.2 Å². The van der Waals surface area contributed by atoms with Crippen molar-refractivity contribution in [1.82, 2.24) is 15.2 Å². The van der Waals surface area contributed by atoms with Crippen LogP contribution in [0.1, 0.15) is 5.56 Å². The molecule has 1 heterocycles. The fraction of sp³-hybridized carbons (Fsp3) is 0.167. The zero-order valence-electron chi connectivity index (χ0n) is 14.2. The number of hydrogen-bond donors (Lipinski definition) is 2. The molecular weight excluding hydrogens is 372 g/mol. The minimum atomic E-state index is -0.170. The number of aryl methyl sites for hydroxylation is 1. The van der Waals surface area contributed by atoms with Gasteiger partial charge in [0.1, 0.15) is 5.75 Å². The minimum Gasteiger partial charge on any atom is -0.497 e. The number of thioether (sulfide) groups is 1. The molecule has 8 heteroatoms. The van der Waals surface area contributed by atoms with Crippen molar-refractivity contribution in [2.75, 3.05) is 18.2 Å². The Labute approximate surface area is 160 Å². The molecule has 0 unspecified atom stereocenters. The molecule has 0 aliphatic carbocycles. The van der Waals surface area contributed by atoms with Crippen LogP contribution in [0.5, 0.6) is 5.75 Å².